The van der Waals surface area contributed by atoms with E-state index in [1.54, 1.807) is 0 Å². The lowest BCUT2D eigenvalue weighted by Crippen LogP contribution is -2.34. The molecule has 4 nitrogen and oxygen atoms in total. The average molecular weight is 342 g/mol. The Labute approximate surface area is 144 Å². The van der Waals surface area contributed by atoms with Crippen LogP contribution in [0.2, 0.25) is 0 Å². The lowest BCUT2D eigenvalue weighted by Gasteiger charge is -2.34. The van der Waals surface area contributed by atoms with Crippen molar-refractivity contribution in [1.29, 1.82) is 0 Å². The van der Waals surface area contributed by atoms with E-state index in [1.807, 2.05) is 48.5 Å². The molecule has 0 fully saturated rings. The van der Waals surface area contributed by atoms with Crippen molar-refractivity contribution in [2.24, 2.45) is 10.9 Å². The summed E-state index contributed by atoms with van der Waals surface area (Å²) in [5, 5.41) is 25.4. The molecule has 2 aromatic rings. The summed E-state index contributed by atoms with van der Waals surface area (Å²) in [6, 6.07) is 17.9. The predicted octanol–water partition coefficient (Wildman–Crippen LogP) is 3.14. The van der Waals surface area contributed by atoms with Crippen LogP contribution in [0.1, 0.15) is 17.5 Å². The summed E-state index contributed by atoms with van der Waals surface area (Å²) < 4.78 is 0. The fourth-order valence-corrected chi connectivity index (χ4v) is 5.73. The molecule has 0 radical (unpaired) electrons. The summed E-state index contributed by atoms with van der Waals surface area (Å²) >= 11 is 0. The van der Waals surface area contributed by atoms with Crippen LogP contribution in [0.3, 0.4) is 0 Å². The molecule has 0 aromatic heterocycles. The molecule has 0 saturated heterocycles. The van der Waals surface area contributed by atoms with Gasteiger partial charge in [-0.15, -0.1) is 5.16 Å². The highest BCUT2D eigenvalue weighted by molar-refractivity contribution is 8.20. The van der Waals surface area contributed by atoms with Crippen molar-refractivity contribution in [2.45, 2.75) is 28.7 Å². The normalized spacial score (nSPS) is 27.8. The molecule has 1 heterocycles. The summed E-state index contributed by atoms with van der Waals surface area (Å²) in [4.78, 5) is 1.18. The largest absolute Gasteiger partial charge is 0.411 e. The molecule has 3 rings (SSSR count). The lowest BCUT2D eigenvalue weighted by atomic mass is 9.89. The van der Waals surface area contributed by atoms with E-state index in [9.17, 15) is 5.11 Å². The number of thiol groups is 1. The van der Waals surface area contributed by atoms with E-state index in [2.05, 4.69) is 22.7 Å². The minimum Gasteiger partial charge on any atom is -0.411 e. The minimum atomic E-state index is -1.05. The fourth-order valence-electron chi connectivity index (χ4n) is 3.13. The second-order valence-corrected chi connectivity index (χ2v) is 8.09. The third-order valence-corrected chi connectivity index (χ3v) is 7.09. The van der Waals surface area contributed by atoms with Crippen LogP contribution in [0, 0.1) is 0 Å². The van der Waals surface area contributed by atoms with Gasteiger partial charge < -0.3 is 16.0 Å². The Kier molecular flexibility index (Phi) is 5.04. The molecule has 0 bridgehead atoms. The van der Waals surface area contributed by atoms with Crippen LogP contribution in [-0.2, 0) is 12.1 Å². The maximum Gasteiger partial charge on any atom is 0.120 e. The van der Waals surface area contributed by atoms with E-state index < -0.39 is 16.5 Å². The van der Waals surface area contributed by atoms with E-state index in [-0.39, 0.29) is 5.25 Å². The van der Waals surface area contributed by atoms with Crippen LogP contribution in [0.5, 0.6) is 0 Å². The quantitative estimate of drug-likeness (QED) is 0.292. The number of nitrogens with zero attached hydrogens (tertiary/aromatic N) is 1. The van der Waals surface area contributed by atoms with E-state index in [1.165, 1.54) is 11.1 Å². The van der Waals surface area contributed by atoms with Crippen LogP contribution in [-0.4, -0.2) is 21.8 Å². The van der Waals surface area contributed by atoms with Crippen LogP contribution < -0.4 is 5.73 Å². The molecule has 4 N–H and O–H groups in total. The first kappa shape index (κ1) is 16.8. The molecule has 0 aliphatic carbocycles. The SMILES string of the molecule is NCc1ccc([SH]2C=CC(O)(c3ccccc3)C2CC=NO)cc1. The molecule has 3 atom stereocenters. The molecular weight excluding hydrogens is 320 g/mol. The standard InChI is InChI=1S/C19H22N2O2S/c20-14-15-6-8-17(9-7-15)24-13-11-19(22,18(24)10-12-21-23)16-4-2-1-3-5-16/h1-9,11-13,18,22-24H,10,14,20H2. The molecule has 2 aromatic carbocycles. The van der Waals surface area contributed by atoms with E-state index in [0.717, 1.165) is 11.1 Å². The van der Waals surface area contributed by atoms with Crippen molar-refractivity contribution in [1.82, 2.24) is 0 Å². The zero-order valence-corrected chi connectivity index (χ0v) is 14.2. The lowest BCUT2D eigenvalue weighted by molar-refractivity contribution is 0.0908. The molecule has 5 heteroatoms. The Morgan fingerprint density at radius 2 is 1.83 bits per heavy atom. The third kappa shape index (κ3) is 3.11. The van der Waals surface area contributed by atoms with Gasteiger partial charge in [-0.1, -0.05) is 42.5 Å². The second kappa shape index (κ2) is 7.21. The van der Waals surface area contributed by atoms with Gasteiger partial charge in [0.1, 0.15) is 5.60 Å². The van der Waals surface area contributed by atoms with Crippen LogP contribution in [0.15, 0.2) is 76.1 Å². The first-order valence-corrected chi connectivity index (χ1v) is 9.37. The molecule has 1 aliphatic rings. The first-order valence-electron chi connectivity index (χ1n) is 7.89. The Bertz CT molecular complexity index is 731. The maximum absolute atomic E-state index is 11.3. The van der Waals surface area contributed by atoms with Crippen molar-refractivity contribution in [2.75, 3.05) is 0 Å². The summed E-state index contributed by atoms with van der Waals surface area (Å²) in [5.41, 5.74) is 6.57. The second-order valence-electron chi connectivity index (χ2n) is 5.83. The fraction of sp³-hybridized carbons (Fsp3) is 0.211. The van der Waals surface area contributed by atoms with Crippen molar-refractivity contribution in [3.63, 3.8) is 0 Å². The molecule has 0 saturated carbocycles. The van der Waals surface area contributed by atoms with Gasteiger partial charge in [-0.2, -0.15) is 0 Å². The zero-order chi connectivity index (χ0) is 17.0. The third-order valence-electron chi connectivity index (χ3n) is 4.45. The Morgan fingerprint density at radius 1 is 1.12 bits per heavy atom. The summed E-state index contributed by atoms with van der Waals surface area (Å²) in [6.45, 7) is 0.516. The Morgan fingerprint density at radius 3 is 2.46 bits per heavy atom. The maximum atomic E-state index is 11.3. The Hall–Kier alpha value is -2.08. The van der Waals surface area contributed by atoms with Crippen LogP contribution in [0.25, 0.3) is 0 Å². The summed E-state index contributed by atoms with van der Waals surface area (Å²) in [6.07, 6.45) is 3.86. The van der Waals surface area contributed by atoms with Crippen molar-refractivity contribution in [3.8, 4) is 0 Å². The van der Waals surface area contributed by atoms with Gasteiger partial charge in [0.25, 0.3) is 0 Å². The number of hydrogen-bond donors (Lipinski definition) is 4. The highest BCUT2D eigenvalue weighted by atomic mass is 32.2. The molecule has 0 amide bonds. The van der Waals surface area contributed by atoms with Crippen molar-refractivity contribution in [3.05, 3.63) is 77.2 Å². The number of oxime groups is 1. The van der Waals surface area contributed by atoms with Crippen molar-refractivity contribution < 1.29 is 10.3 Å². The summed E-state index contributed by atoms with van der Waals surface area (Å²) in [5.74, 6) is 0. The van der Waals surface area contributed by atoms with Crippen molar-refractivity contribution >= 4 is 17.1 Å². The highest BCUT2D eigenvalue weighted by Gasteiger charge is 2.43. The molecular formula is C19H22N2O2S. The van der Waals surface area contributed by atoms with E-state index in [4.69, 9.17) is 10.9 Å². The highest BCUT2D eigenvalue weighted by Crippen LogP contribution is 2.56. The van der Waals surface area contributed by atoms with Gasteiger partial charge in [-0.3, -0.25) is 0 Å². The number of hydrogen-bond acceptors (Lipinski definition) is 4. The van der Waals surface area contributed by atoms with Crippen LogP contribution >= 0.6 is 10.9 Å². The molecule has 1 aliphatic heterocycles. The van der Waals surface area contributed by atoms with Gasteiger partial charge >= 0.3 is 0 Å². The molecule has 126 valence electrons. The van der Waals surface area contributed by atoms with Gasteiger partial charge in [0, 0.05) is 24.4 Å². The number of rotatable bonds is 5. The van der Waals surface area contributed by atoms with Gasteiger partial charge in [0.05, 0.1) is 0 Å². The van der Waals surface area contributed by atoms with Gasteiger partial charge in [0.15, 0.2) is 0 Å². The minimum absolute atomic E-state index is 0.0745. The van der Waals surface area contributed by atoms with Gasteiger partial charge in [-0.25, -0.2) is 10.9 Å². The molecule has 3 unspecified atom stereocenters. The van der Waals surface area contributed by atoms with E-state index in [0.29, 0.717) is 13.0 Å². The van der Waals surface area contributed by atoms with Gasteiger partial charge in [0.2, 0.25) is 0 Å². The Balaban J connectivity index is 1.96. The zero-order valence-electron chi connectivity index (χ0n) is 13.3. The summed E-state index contributed by atoms with van der Waals surface area (Å²) in [7, 11) is -0.718. The molecule has 0 spiro atoms. The average Bonchev–Trinajstić information content (AvgIpc) is 2.98. The number of benzene rings is 2. The first-order chi connectivity index (χ1) is 11.7. The van der Waals surface area contributed by atoms with Gasteiger partial charge in [-0.05, 0) is 39.6 Å². The van der Waals surface area contributed by atoms with E-state index >= 15 is 0 Å². The number of aliphatic hydroxyl groups is 1. The smallest absolute Gasteiger partial charge is 0.120 e. The topological polar surface area (TPSA) is 78.8 Å². The van der Waals surface area contributed by atoms with Crippen LogP contribution in [0.4, 0.5) is 0 Å². The predicted molar refractivity (Wildman–Crippen MR) is 99.7 cm³/mol. The molecule has 24 heavy (non-hydrogen) atoms. The monoisotopic (exact) mass is 342 g/mol. The number of nitrogens with two attached hydrogens (primary N) is 1.